The van der Waals surface area contributed by atoms with E-state index in [2.05, 4.69) is 23.3 Å². The lowest BCUT2D eigenvalue weighted by atomic mass is 9.99. The molecule has 1 aliphatic heterocycles. The zero-order valence-corrected chi connectivity index (χ0v) is 15.6. The number of hydrogen-bond acceptors (Lipinski definition) is 4. The van der Waals surface area contributed by atoms with Crippen LogP contribution in [0.5, 0.6) is 5.75 Å². The molecule has 0 saturated carbocycles. The van der Waals surface area contributed by atoms with Gasteiger partial charge in [0, 0.05) is 31.4 Å². The smallest absolute Gasteiger partial charge is 0.254 e. The van der Waals surface area contributed by atoms with Gasteiger partial charge in [-0.05, 0) is 48.9 Å². The molecule has 1 saturated heterocycles. The average Bonchev–Trinajstić information content (AvgIpc) is 2.68. The lowest BCUT2D eigenvalue weighted by Gasteiger charge is -2.30. The number of carbonyl (C=O) groups excluding carboxylic acids is 1. The Bertz CT molecular complexity index is 740. The van der Waals surface area contributed by atoms with Crippen LogP contribution < -0.4 is 10.1 Å². The highest BCUT2D eigenvalue weighted by Crippen LogP contribution is 2.20. The fourth-order valence-corrected chi connectivity index (χ4v) is 3.29. The lowest BCUT2D eigenvalue weighted by Crippen LogP contribution is -2.37. The fourth-order valence-electron chi connectivity index (χ4n) is 3.29. The van der Waals surface area contributed by atoms with Crippen LogP contribution in [0.1, 0.15) is 35.7 Å². The molecule has 0 radical (unpaired) electrons. The number of anilines is 1. The maximum atomic E-state index is 12.7. The number of likely N-dealkylation sites (tertiary alicyclic amines) is 1. The van der Waals surface area contributed by atoms with E-state index in [4.69, 9.17) is 4.74 Å². The van der Waals surface area contributed by atoms with Crippen LogP contribution in [0.25, 0.3) is 0 Å². The molecule has 2 heterocycles. The van der Waals surface area contributed by atoms with E-state index in [1.165, 1.54) is 0 Å². The predicted octanol–water partition coefficient (Wildman–Crippen LogP) is 3.62. The minimum atomic E-state index is 0.104. The Morgan fingerprint density at radius 3 is 2.81 bits per heavy atom. The van der Waals surface area contributed by atoms with Crippen LogP contribution >= 0.6 is 0 Å². The van der Waals surface area contributed by atoms with Crippen LogP contribution in [0.4, 0.5) is 5.82 Å². The van der Waals surface area contributed by atoms with Crippen molar-refractivity contribution in [2.45, 2.75) is 26.2 Å². The van der Waals surface area contributed by atoms with E-state index in [1.54, 1.807) is 19.4 Å². The van der Waals surface area contributed by atoms with E-state index >= 15 is 0 Å². The fraction of sp³-hybridized carbons (Fsp3) is 0.429. The third-order valence-electron chi connectivity index (χ3n) is 4.97. The van der Waals surface area contributed by atoms with E-state index in [0.717, 1.165) is 56.0 Å². The van der Waals surface area contributed by atoms with Crippen molar-refractivity contribution in [1.82, 2.24) is 9.88 Å². The zero-order chi connectivity index (χ0) is 18.4. The molecule has 0 unspecified atom stereocenters. The highest BCUT2D eigenvalue weighted by molar-refractivity contribution is 5.94. The molecule has 5 nitrogen and oxygen atoms in total. The largest absolute Gasteiger partial charge is 0.496 e. The number of benzene rings is 1. The number of ether oxygens (including phenoxy) is 1. The maximum Gasteiger partial charge on any atom is 0.254 e. The molecule has 1 aromatic carbocycles. The molecule has 0 spiro atoms. The summed E-state index contributed by atoms with van der Waals surface area (Å²) < 4.78 is 5.38. The summed E-state index contributed by atoms with van der Waals surface area (Å²) in [6.45, 7) is 4.67. The second-order valence-corrected chi connectivity index (χ2v) is 6.89. The average molecular weight is 353 g/mol. The number of carbonyl (C=O) groups is 1. The summed E-state index contributed by atoms with van der Waals surface area (Å²) in [5, 5.41) is 3.31. The summed E-state index contributed by atoms with van der Waals surface area (Å²) in [6, 6.07) is 11.6. The van der Waals surface area contributed by atoms with Crippen LogP contribution in [0.2, 0.25) is 0 Å². The van der Waals surface area contributed by atoms with Crippen molar-refractivity contribution in [3.63, 3.8) is 0 Å². The van der Waals surface area contributed by atoms with Gasteiger partial charge in [0.1, 0.15) is 11.6 Å². The molecule has 0 atom stereocenters. The Morgan fingerprint density at radius 2 is 2.04 bits per heavy atom. The van der Waals surface area contributed by atoms with Crippen molar-refractivity contribution >= 4 is 11.7 Å². The Hall–Kier alpha value is -2.56. The molecule has 5 heteroatoms. The molecule has 1 aromatic heterocycles. The van der Waals surface area contributed by atoms with Gasteiger partial charge in [-0.3, -0.25) is 4.79 Å². The number of amides is 1. The minimum Gasteiger partial charge on any atom is -0.496 e. The third kappa shape index (κ3) is 4.54. The predicted molar refractivity (Wildman–Crippen MR) is 104 cm³/mol. The Labute approximate surface area is 155 Å². The van der Waals surface area contributed by atoms with Crippen LogP contribution in [0, 0.1) is 5.92 Å². The van der Waals surface area contributed by atoms with Crippen LogP contribution in [0.3, 0.4) is 0 Å². The zero-order valence-electron chi connectivity index (χ0n) is 15.6. The maximum absolute atomic E-state index is 12.7. The van der Waals surface area contributed by atoms with Gasteiger partial charge in [0.25, 0.3) is 5.91 Å². The van der Waals surface area contributed by atoms with E-state index < -0.39 is 0 Å². The molecule has 138 valence electrons. The van der Waals surface area contributed by atoms with Gasteiger partial charge in [-0.1, -0.05) is 25.1 Å². The molecule has 1 N–H and O–H groups in total. The number of piperidine rings is 1. The molecular formula is C21H27N3O2. The molecule has 2 aromatic rings. The highest BCUT2D eigenvalue weighted by Gasteiger charge is 2.21. The molecule has 0 bridgehead atoms. The van der Waals surface area contributed by atoms with Crippen LogP contribution in [-0.2, 0) is 6.42 Å². The monoisotopic (exact) mass is 353 g/mol. The normalized spacial score (nSPS) is 14.9. The minimum absolute atomic E-state index is 0.104. The van der Waals surface area contributed by atoms with E-state index in [0.29, 0.717) is 11.5 Å². The summed E-state index contributed by atoms with van der Waals surface area (Å²) in [4.78, 5) is 19.0. The number of methoxy groups -OCH3 is 1. The highest BCUT2D eigenvalue weighted by atomic mass is 16.5. The van der Waals surface area contributed by atoms with E-state index in [9.17, 15) is 4.79 Å². The first-order valence-corrected chi connectivity index (χ1v) is 9.28. The number of rotatable bonds is 6. The molecule has 1 aliphatic rings. The van der Waals surface area contributed by atoms with Gasteiger partial charge in [0.15, 0.2) is 0 Å². The standard InChI is InChI=1S/C21H27N3O2/c1-16-9-13-24(14-10-16)21(25)18-8-12-23-20(15-18)22-11-7-17-5-3-4-6-19(17)26-2/h3-6,8,12,15-16H,7,9-11,13-14H2,1-2H3,(H,22,23). The van der Waals surface area contributed by atoms with Gasteiger partial charge in [-0.15, -0.1) is 0 Å². The molecule has 1 amide bonds. The quantitative estimate of drug-likeness (QED) is 0.862. The molecule has 1 fully saturated rings. The summed E-state index contributed by atoms with van der Waals surface area (Å²) in [5.41, 5.74) is 1.85. The molecular weight excluding hydrogens is 326 g/mol. The van der Waals surface area contributed by atoms with Gasteiger partial charge in [-0.25, -0.2) is 4.98 Å². The number of hydrogen-bond donors (Lipinski definition) is 1. The second-order valence-electron chi connectivity index (χ2n) is 6.89. The van der Waals surface area contributed by atoms with Gasteiger partial charge in [0.2, 0.25) is 0 Å². The van der Waals surface area contributed by atoms with Gasteiger partial charge in [0.05, 0.1) is 7.11 Å². The lowest BCUT2D eigenvalue weighted by molar-refractivity contribution is 0.0697. The topological polar surface area (TPSA) is 54.5 Å². The Balaban J connectivity index is 1.58. The summed E-state index contributed by atoms with van der Waals surface area (Å²) in [6.07, 6.45) is 4.70. The van der Waals surface area contributed by atoms with Crippen molar-refractivity contribution in [3.8, 4) is 5.75 Å². The summed E-state index contributed by atoms with van der Waals surface area (Å²) in [5.74, 6) is 2.44. The number of nitrogens with one attached hydrogen (secondary N) is 1. The number of aromatic nitrogens is 1. The van der Waals surface area contributed by atoms with Crippen molar-refractivity contribution in [2.24, 2.45) is 5.92 Å². The first-order chi connectivity index (χ1) is 12.7. The molecule has 0 aliphatic carbocycles. The van der Waals surface area contributed by atoms with Crippen molar-refractivity contribution in [3.05, 3.63) is 53.7 Å². The second kappa shape index (κ2) is 8.70. The summed E-state index contributed by atoms with van der Waals surface area (Å²) >= 11 is 0. The van der Waals surface area contributed by atoms with Crippen molar-refractivity contribution < 1.29 is 9.53 Å². The van der Waals surface area contributed by atoms with E-state index in [-0.39, 0.29) is 5.91 Å². The van der Waals surface area contributed by atoms with Gasteiger partial charge in [-0.2, -0.15) is 0 Å². The first-order valence-electron chi connectivity index (χ1n) is 9.28. The van der Waals surface area contributed by atoms with Crippen molar-refractivity contribution in [1.29, 1.82) is 0 Å². The number of para-hydroxylation sites is 1. The van der Waals surface area contributed by atoms with Gasteiger partial charge < -0.3 is 15.0 Å². The van der Waals surface area contributed by atoms with Crippen molar-refractivity contribution in [2.75, 3.05) is 32.1 Å². The Morgan fingerprint density at radius 1 is 1.27 bits per heavy atom. The molecule has 26 heavy (non-hydrogen) atoms. The number of pyridine rings is 1. The SMILES string of the molecule is COc1ccccc1CCNc1cc(C(=O)N2CCC(C)CC2)ccn1. The summed E-state index contributed by atoms with van der Waals surface area (Å²) in [7, 11) is 1.68. The number of nitrogens with zero attached hydrogens (tertiary/aromatic N) is 2. The van der Waals surface area contributed by atoms with Crippen LogP contribution in [-0.4, -0.2) is 42.5 Å². The van der Waals surface area contributed by atoms with E-state index in [1.807, 2.05) is 29.2 Å². The molecule has 3 rings (SSSR count). The van der Waals surface area contributed by atoms with Gasteiger partial charge >= 0.3 is 0 Å². The first kappa shape index (κ1) is 18.2. The van der Waals surface area contributed by atoms with Crippen LogP contribution in [0.15, 0.2) is 42.6 Å². The Kier molecular flexibility index (Phi) is 6.10. The third-order valence-corrected chi connectivity index (χ3v) is 4.97.